The summed E-state index contributed by atoms with van der Waals surface area (Å²) in [6.45, 7) is 3.71. The van der Waals surface area contributed by atoms with Crippen molar-refractivity contribution in [2.75, 3.05) is 5.32 Å². The Labute approximate surface area is 169 Å². The molecule has 7 nitrogen and oxygen atoms in total. The Kier molecular flexibility index (Phi) is 4.97. The first-order valence-electron chi connectivity index (χ1n) is 9.30. The van der Waals surface area contributed by atoms with E-state index in [1.54, 1.807) is 30.3 Å². The predicted molar refractivity (Wildman–Crippen MR) is 109 cm³/mol. The lowest BCUT2D eigenvalue weighted by Crippen LogP contribution is -2.26. The van der Waals surface area contributed by atoms with Crippen molar-refractivity contribution in [3.8, 4) is 11.5 Å². The Bertz CT molecular complexity index is 1160. The van der Waals surface area contributed by atoms with Gasteiger partial charge >= 0.3 is 0 Å². The maximum absolute atomic E-state index is 12.7. The highest BCUT2D eigenvalue weighted by Crippen LogP contribution is 2.25. The third-order valence-corrected chi connectivity index (χ3v) is 6.22. The number of oxazole rings is 1. The Morgan fingerprint density at radius 2 is 1.86 bits per heavy atom. The van der Waals surface area contributed by atoms with Crippen molar-refractivity contribution in [2.24, 2.45) is 0 Å². The van der Waals surface area contributed by atoms with Crippen LogP contribution in [0.1, 0.15) is 34.7 Å². The average Bonchev–Trinajstić information content (AvgIpc) is 3.44. The van der Waals surface area contributed by atoms with E-state index in [4.69, 9.17) is 4.42 Å². The molecule has 4 rings (SSSR count). The second-order valence-electron chi connectivity index (χ2n) is 7.12. The zero-order valence-corrected chi connectivity index (χ0v) is 16.9. The van der Waals surface area contributed by atoms with Gasteiger partial charge in [0.2, 0.25) is 15.9 Å². The summed E-state index contributed by atoms with van der Waals surface area (Å²) in [4.78, 5) is 17.1. The number of sulfonamides is 1. The number of carbonyl (C=O) groups excluding carboxylic acids is 1. The summed E-state index contributed by atoms with van der Waals surface area (Å²) in [6.07, 6.45) is 1.69. The summed E-state index contributed by atoms with van der Waals surface area (Å²) in [6, 6.07) is 13.2. The number of anilines is 1. The molecule has 1 heterocycles. The first-order chi connectivity index (χ1) is 13.8. The minimum Gasteiger partial charge on any atom is -0.441 e. The number of rotatable bonds is 6. The molecule has 1 aliphatic carbocycles. The van der Waals surface area contributed by atoms with Crippen LogP contribution in [0.2, 0.25) is 0 Å². The van der Waals surface area contributed by atoms with Gasteiger partial charge in [0.25, 0.3) is 5.91 Å². The van der Waals surface area contributed by atoms with Gasteiger partial charge < -0.3 is 9.73 Å². The van der Waals surface area contributed by atoms with Gasteiger partial charge in [-0.2, -0.15) is 0 Å². The molecular formula is C21H21N3O4S. The van der Waals surface area contributed by atoms with E-state index in [-0.39, 0.29) is 16.5 Å². The number of carbonyl (C=O) groups is 1. The van der Waals surface area contributed by atoms with E-state index in [0.29, 0.717) is 11.6 Å². The molecule has 0 radical (unpaired) electrons. The number of benzene rings is 2. The largest absolute Gasteiger partial charge is 0.441 e. The molecule has 1 saturated carbocycles. The molecule has 2 aromatic carbocycles. The smallest absolute Gasteiger partial charge is 0.255 e. The van der Waals surface area contributed by atoms with Crippen molar-refractivity contribution in [2.45, 2.75) is 37.6 Å². The van der Waals surface area contributed by atoms with Crippen LogP contribution < -0.4 is 10.0 Å². The number of hydrogen-bond acceptors (Lipinski definition) is 5. The highest BCUT2D eigenvalue weighted by atomic mass is 32.2. The van der Waals surface area contributed by atoms with Gasteiger partial charge in [-0.3, -0.25) is 4.79 Å². The van der Waals surface area contributed by atoms with Crippen LogP contribution in [-0.4, -0.2) is 25.4 Å². The molecule has 1 aliphatic rings. The standard InChI is InChI=1S/C21H21N3O4S/c1-13-14(2)28-21(22-13)16-6-3-7-18(11-16)23-20(25)15-5-4-8-19(12-15)29(26,27)24-17-9-10-17/h3-8,11-12,17,24H,9-10H2,1-2H3,(H,23,25). The Balaban J connectivity index is 1.54. The summed E-state index contributed by atoms with van der Waals surface area (Å²) in [5.41, 5.74) is 2.37. The van der Waals surface area contributed by atoms with Crippen LogP contribution in [0.4, 0.5) is 5.69 Å². The zero-order chi connectivity index (χ0) is 20.6. The van der Waals surface area contributed by atoms with E-state index in [1.165, 1.54) is 12.1 Å². The fourth-order valence-corrected chi connectivity index (χ4v) is 4.17. The van der Waals surface area contributed by atoms with Crippen molar-refractivity contribution < 1.29 is 17.6 Å². The fraction of sp³-hybridized carbons (Fsp3) is 0.238. The Hall–Kier alpha value is -2.97. The molecule has 1 amide bonds. The van der Waals surface area contributed by atoms with Crippen molar-refractivity contribution in [3.63, 3.8) is 0 Å². The molecule has 0 atom stereocenters. The maximum Gasteiger partial charge on any atom is 0.255 e. The van der Waals surface area contributed by atoms with Crippen molar-refractivity contribution in [1.82, 2.24) is 9.71 Å². The van der Waals surface area contributed by atoms with Crippen molar-refractivity contribution >= 4 is 21.6 Å². The summed E-state index contributed by atoms with van der Waals surface area (Å²) in [5, 5.41) is 2.80. The quantitative estimate of drug-likeness (QED) is 0.645. The molecule has 0 unspecified atom stereocenters. The third kappa shape index (κ3) is 4.38. The molecule has 0 spiro atoms. The molecule has 29 heavy (non-hydrogen) atoms. The summed E-state index contributed by atoms with van der Waals surface area (Å²) >= 11 is 0. The van der Waals surface area contributed by atoms with Crippen LogP contribution in [-0.2, 0) is 10.0 Å². The Morgan fingerprint density at radius 1 is 1.10 bits per heavy atom. The third-order valence-electron chi connectivity index (χ3n) is 4.70. The first-order valence-corrected chi connectivity index (χ1v) is 10.8. The molecule has 0 saturated heterocycles. The molecule has 0 bridgehead atoms. The van der Waals surface area contributed by atoms with Gasteiger partial charge in [-0.1, -0.05) is 12.1 Å². The molecule has 150 valence electrons. The summed E-state index contributed by atoms with van der Waals surface area (Å²) in [5.74, 6) is 0.827. The minimum absolute atomic E-state index is 0.00251. The molecule has 3 aromatic rings. The highest BCUT2D eigenvalue weighted by Gasteiger charge is 2.28. The molecule has 8 heteroatoms. The fourth-order valence-electron chi connectivity index (χ4n) is 2.82. The second kappa shape index (κ2) is 7.46. The summed E-state index contributed by atoms with van der Waals surface area (Å²) < 4.78 is 33.0. The van der Waals surface area contributed by atoms with E-state index in [0.717, 1.165) is 29.9 Å². The van der Waals surface area contributed by atoms with Crippen LogP contribution in [0, 0.1) is 13.8 Å². The summed E-state index contributed by atoms with van der Waals surface area (Å²) in [7, 11) is -3.62. The SMILES string of the molecule is Cc1nc(-c2cccc(NC(=O)c3cccc(S(=O)(=O)NC4CC4)c3)c2)oc1C. The lowest BCUT2D eigenvalue weighted by atomic mass is 10.1. The van der Waals surface area contributed by atoms with Crippen molar-refractivity contribution in [3.05, 3.63) is 65.5 Å². The number of hydrogen-bond donors (Lipinski definition) is 2. The lowest BCUT2D eigenvalue weighted by molar-refractivity contribution is 0.102. The van der Waals surface area contributed by atoms with E-state index in [9.17, 15) is 13.2 Å². The number of nitrogens with zero attached hydrogens (tertiary/aromatic N) is 1. The van der Waals surface area contributed by atoms with Gasteiger partial charge in [0.15, 0.2) is 0 Å². The molecule has 1 aromatic heterocycles. The molecule has 0 aliphatic heterocycles. The highest BCUT2D eigenvalue weighted by molar-refractivity contribution is 7.89. The number of aryl methyl sites for hydroxylation is 2. The van der Waals surface area contributed by atoms with Gasteiger partial charge in [-0.05, 0) is 63.1 Å². The van der Waals surface area contributed by atoms with Crippen LogP contribution in [0.3, 0.4) is 0 Å². The van der Waals surface area contributed by atoms with Gasteiger partial charge in [0.1, 0.15) is 5.76 Å². The van der Waals surface area contributed by atoms with Gasteiger partial charge in [-0.15, -0.1) is 0 Å². The van der Waals surface area contributed by atoms with Crippen LogP contribution >= 0.6 is 0 Å². The van der Waals surface area contributed by atoms with E-state index < -0.39 is 15.9 Å². The van der Waals surface area contributed by atoms with Crippen LogP contribution in [0.25, 0.3) is 11.5 Å². The van der Waals surface area contributed by atoms with Crippen LogP contribution in [0.5, 0.6) is 0 Å². The predicted octanol–water partition coefficient (Wildman–Crippen LogP) is 3.65. The minimum atomic E-state index is -3.62. The van der Waals surface area contributed by atoms with Crippen LogP contribution in [0.15, 0.2) is 57.8 Å². The number of aromatic nitrogens is 1. The topological polar surface area (TPSA) is 101 Å². The number of amides is 1. The Morgan fingerprint density at radius 3 is 2.55 bits per heavy atom. The van der Waals surface area contributed by atoms with E-state index >= 15 is 0 Å². The van der Waals surface area contributed by atoms with E-state index in [2.05, 4.69) is 15.0 Å². The zero-order valence-electron chi connectivity index (χ0n) is 16.1. The maximum atomic E-state index is 12.7. The van der Waals surface area contributed by atoms with Gasteiger partial charge in [0.05, 0.1) is 10.6 Å². The van der Waals surface area contributed by atoms with Gasteiger partial charge in [0, 0.05) is 22.9 Å². The lowest BCUT2D eigenvalue weighted by Gasteiger charge is -2.09. The molecule has 2 N–H and O–H groups in total. The van der Waals surface area contributed by atoms with Gasteiger partial charge in [-0.25, -0.2) is 18.1 Å². The molecule has 1 fully saturated rings. The average molecular weight is 411 g/mol. The first kappa shape index (κ1) is 19.4. The second-order valence-corrected chi connectivity index (χ2v) is 8.83. The van der Waals surface area contributed by atoms with E-state index in [1.807, 2.05) is 19.9 Å². The monoisotopic (exact) mass is 411 g/mol. The number of nitrogens with one attached hydrogen (secondary N) is 2. The normalized spacial score (nSPS) is 14.0. The molecular weight excluding hydrogens is 390 g/mol. The van der Waals surface area contributed by atoms with Crippen molar-refractivity contribution in [1.29, 1.82) is 0 Å².